The van der Waals surface area contributed by atoms with Gasteiger partial charge < -0.3 is 15.4 Å². The van der Waals surface area contributed by atoms with E-state index in [1.54, 1.807) is 12.3 Å². The maximum atomic E-state index is 12.6. The highest BCUT2D eigenvalue weighted by molar-refractivity contribution is 5.96. The second kappa shape index (κ2) is 4.81. The molecule has 2 heterocycles. The van der Waals surface area contributed by atoms with Crippen LogP contribution in [0.5, 0.6) is 0 Å². The first-order valence-electron chi connectivity index (χ1n) is 6.48. The number of carbonyl (C=O) groups is 1. The average molecular weight is 263 g/mol. The van der Waals surface area contributed by atoms with Crippen LogP contribution in [0.25, 0.3) is 0 Å². The molecular formula is C14H21N3O2. The normalized spacial score (nSPS) is 22.3. The van der Waals surface area contributed by atoms with Gasteiger partial charge in [-0.3, -0.25) is 9.78 Å². The zero-order valence-corrected chi connectivity index (χ0v) is 11.9. The molecule has 104 valence electrons. The van der Waals surface area contributed by atoms with E-state index in [9.17, 15) is 4.79 Å². The van der Waals surface area contributed by atoms with Crippen LogP contribution in [0.3, 0.4) is 0 Å². The van der Waals surface area contributed by atoms with Crippen LogP contribution < -0.4 is 5.73 Å². The Morgan fingerprint density at radius 1 is 1.58 bits per heavy atom. The second-order valence-corrected chi connectivity index (χ2v) is 5.78. The molecule has 1 unspecified atom stereocenters. The molecule has 5 nitrogen and oxygen atoms in total. The standard InChI is InChI=1S/C14H21N3O2/c1-9-7-17(8-14(3,4)19-9)13(18)12-5-11(15)6-16-10(12)2/h5-6,9H,7-8,15H2,1-4H3. The predicted octanol–water partition coefficient (Wildman–Crippen LogP) is 1.61. The molecular weight excluding hydrogens is 242 g/mol. The number of hydrogen-bond acceptors (Lipinski definition) is 4. The van der Waals surface area contributed by atoms with E-state index >= 15 is 0 Å². The van der Waals surface area contributed by atoms with Crippen molar-refractivity contribution in [1.82, 2.24) is 9.88 Å². The number of nitrogens with two attached hydrogens (primary N) is 1. The average Bonchev–Trinajstić information content (AvgIpc) is 2.29. The van der Waals surface area contributed by atoms with Gasteiger partial charge in [-0.25, -0.2) is 0 Å². The Morgan fingerprint density at radius 2 is 2.26 bits per heavy atom. The van der Waals surface area contributed by atoms with Crippen molar-refractivity contribution >= 4 is 11.6 Å². The van der Waals surface area contributed by atoms with Gasteiger partial charge in [0.2, 0.25) is 0 Å². The van der Waals surface area contributed by atoms with Gasteiger partial charge >= 0.3 is 0 Å². The number of aryl methyl sites for hydroxylation is 1. The van der Waals surface area contributed by atoms with E-state index < -0.39 is 0 Å². The summed E-state index contributed by atoms with van der Waals surface area (Å²) in [4.78, 5) is 18.5. The van der Waals surface area contributed by atoms with Gasteiger partial charge in [-0.05, 0) is 33.8 Å². The monoisotopic (exact) mass is 263 g/mol. The van der Waals surface area contributed by atoms with Crippen LogP contribution >= 0.6 is 0 Å². The number of hydrogen-bond donors (Lipinski definition) is 1. The lowest BCUT2D eigenvalue weighted by atomic mass is 10.0. The fraction of sp³-hybridized carbons (Fsp3) is 0.571. The van der Waals surface area contributed by atoms with Gasteiger partial charge in [0.25, 0.3) is 5.91 Å². The number of carbonyl (C=O) groups excluding carboxylic acids is 1. The molecule has 1 aromatic heterocycles. The van der Waals surface area contributed by atoms with Crippen molar-refractivity contribution in [2.24, 2.45) is 0 Å². The number of nitrogens with zero attached hydrogens (tertiary/aromatic N) is 2. The Morgan fingerprint density at radius 3 is 2.89 bits per heavy atom. The molecule has 0 saturated carbocycles. The zero-order chi connectivity index (χ0) is 14.2. The summed E-state index contributed by atoms with van der Waals surface area (Å²) in [6.07, 6.45) is 1.60. The lowest BCUT2D eigenvalue weighted by Gasteiger charge is -2.41. The van der Waals surface area contributed by atoms with Crippen LogP contribution in [0.15, 0.2) is 12.3 Å². The van der Waals surface area contributed by atoms with Gasteiger partial charge in [0.05, 0.1) is 34.8 Å². The molecule has 2 rings (SSSR count). The van der Waals surface area contributed by atoms with Gasteiger partial charge in [-0.1, -0.05) is 0 Å². The largest absolute Gasteiger partial charge is 0.397 e. The van der Waals surface area contributed by atoms with Crippen LogP contribution in [0.1, 0.15) is 36.8 Å². The number of morpholine rings is 1. The molecule has 1 aliphatic rings. The zero-order valence-electron chi connectivity index (χ0n) is 11.9. The molecule has 0 aliphatic carbocycles. The molecule has 1 aliphatic heterocycles. The maximum absolute atomic E-state index is 12.6. The van der Waals surface area contributed by atoms with E-state index in [2.05, 4.69) is 4.98 Å². The Hall–Kier alpha value is -1.62. The van der Waals surface area contributed by atoms with Gasteiger partial charge in [-0.15, -0.1) is 0 Å². The minimum atomic E-state index is -0.324. The third-order valence-electron chi connectivity index (χ3n) is 3.20. The summed E-state index contributed by atoms with van der Waals surface area (Å²) in [5.74, 6) is -0.0273. The van der Waals surface area contributed by atoms with Gasteiger partial charge in [0.15, 0.2) is 0 Å². The van der Waals surface area contributed by atoms with Gasteiger partial charge in [-0.2, -0.15) is 0 Å². The first-order valence-corrected chi connectivity index (χ1v) is 6.48. The predicted molar refractivity (Wildman–Crippen MR) is 73.9 cm³/mol. The summed E-state index contributed by atoms with van der Waals surface area (Å²) in [5.41, 5.74) is 7.18. The van der Waals surface area contributed by atoms with Crippen molar-refractivity contribution in [3.63, 3.8) is 0 Å². The quantitative estimate of drug-likeness (QED) is 0.836. The van der Waals surface area contributed by atoms with Crippen LogP contribution in [-0.2, 0) is 4.74 Å². The van der Waals surface area contributed by atoms with E-state index in [0.717, 1.165) is 0 Å². The highest BCUT2D eigenvalue weighted by Crippen LogP contribution is 2.23. The summed E-state index contributed by atoms with van der Waals surface area (Å²) in [7, 11) is 0. The van der Waals surface area contributed by atoms with Gasteiger partial charge in [0, 0.05) is 13.1 Å². The second-order valence-electron chi connectivity index (χ2n) is 5.78. The number of rotatable bonds is 1. The third-order valence-corrected chi connectivity index (χ3v) is 3.20. The van der Waals surface area contributed by atoms with Crippen molar-refractivity contribution in [1.29, 1.82) is 0 Å². The van der Waals surface area contributed by atoms with E-state index in [0.29, 0.717) is 30.0 Å². The Kier molecular flexibility index (Phi) is 3.49. The molecule has 0 bridgehead atoms. The number of aromatic nitrogens is 1. The number of amides is 1. The summed E-state index contributed by atoms with van der Waals surface area (Å²) in [6.45, 7) is 8.95. The van der Waals surface area contributed by atoms with Crippen LogP contribution in [0.4, 0.5) is 5.69 Å². The molecule has 1 saturated heterocycles. The molecule has 1 amide bonds. The topological polar surface area (TPSA) is 68.5 Å². The van der Waals surface area contributed by atoms with Crippen molar-refractivity contribution in [2.45, 2.75) is 39.4 Å². The van der Waals surface area contributed by atoms with Crippen molar-refractivity contribution in [2.75, 3.05) is 18.8 Å². The Labute approximate surface area is 113 Å². The minimum Gasteiger partial charge on any atom is -0.397 e. The number of nitrogen functional groups attached to an aromatic ring is 1. The summed E-state index contributed by atoms with van der Waals surface area (Å²) in [6, 6.07) is 1.69. The lowest BCUT2D eigenvalue weighted by Crippen LogP contribution is -2.53. The van der Waals surface area contributed by atoms with Gasteiger partial charge in [0.1, 0.15) is 0 Å². The Bertz CT molecular complexity index is 499. The Balaban J connectivity index is 2.26. The fourth-order valence-corrected chi connectivity index (χ4v) is 2.54. The smallest absolute Gasteiger partial charge is 0.255 e. The van der Waals surface area contributed by atoms with E-state index in [1.807, 2.05) is 32.6 Å². The van der Waals surface area contributed by atoms with Crippen LogP contribution in [0, 0.1) is 6.92 Å². The fourth-order valence-electron chi connectivity index (χ4n) is 2.54. The summed E-state index contributed by atoms with van der Waals surface area (Å²) < 4.78 is 5.81. The maximum Gasteiger partial charge on any atom is 0.255 e. The molecule has 1 atom stereocenters. The molecule has 2 N–H and O–H groups in total. The first kappa shape index (κ1) is 13.8. The third kappa shape index (κ3) is 3.04. The lowest BCUT2D eigenvalue weighted by molar-refractivity contribution is -0.118. The number of anilines is 1. The summed E-state index contributed by atoms with van der Waals surface area (Å²) in [5, 5.41) is 0. The first-order chi connectivity index (χ1) is 8.78. The van der Waals surface area contributed by atoms with E-state index in [-0.39, 0.29) is 17.6 Å². The van der Waals surface area contributed by atoms with Crippen molar-refractivity contribution < 1.29 is 9.53 Å². The molecule has 0 spiro atoms. The number of pyridine rings is 1. The van der Waals surface area contributed by atoms with Crippen LogP contribution in [-0.4, -0.2) is 40.6 Å². The molecule has 0 aromatic carbocycles. The van der Waals surface area contributed by atoms with Crippen molar-refractivity contribution in [3.8, 4) is 0 Å². The highest BCUT2D eigenvalue weighted by Gasteiger charge is 2.34. The van der Waals surface area contributed by atoms with E-state index in [1.165, 1.54) is 0 Å². The molecule has 5 heteroatoms. The summed E-state index contributed by atoms with van der Waals surface area (Å²) >= 11 is 0. The number of ether oxygens (including phenoxy) is 1. The van der Waals surface area contributed by atoms with Crippen molar-refractivity contribution in [3.05, 3.63) is 23.5 Å². The molecule has 1 fully saturated rings. The SMILES string of the molecule is Cc1ncc(N)cc1C(=O)N1CC(C)OC(C)(C)C1. The minimum absolute atomic E-state index is 0.0273. The molecule has 0 radical (unpaired) electrons. The highest BCUT2D eigenvalue weighted by atomic mass is 16.5. The molecule has 1 aromatic rings. The molecule has 19 heavy (non-hydrogen) atoms. The van der Waals surface area contributed by atoms with E-state index in [4.69, 9.17) is 10.5 Å². The van der Waals surface area contributed by atoms with Crippen LogP contribution in [0.2, 0.25) is 0 Å².